The van der Waals surface area contributed by atoms with Gasteiger partial charge in [0.2, 0.25) is 5.91 Å². The topological polar surface area (TPSA) is 95.9 Å². The molecule has 2 aliphatic carbocycles. The third-order valence-corrected chi connectivity index (χ3v) is 7.30. The predicted octanol–water partition coefficient (Wildman–Crippen LogP) is 3.77. The second-order valence-electron chi connectivity index (χ2n) is 9.28. The van der Waals surface area contributed by atoms with Gasteiger partial charge in [-0.3, -0.25) is 4.79 Å². The Hall–Kier alpha value is -3.35. The molecule has 1 saturated carbocycles. The van der Waals surface area contributed by atoms with E-state index in [1.54, 1.807) is 0 Å². The average Bonchev–Trinajstić information content (AvgIpc) is 3.33. The van der Waals surface area contributed by atoms with Crippen LogP contribution >= 0.6 is 0 Å². The lowest BCUT2D eigenvalue weighted by atomic mass is 9.98. The van der Waals surface area contributed by atoms with Crippen molar-refractivity contribution < 1.29 is 24.2 Å². The molecule has 7 nitrogen and oxygen atoms in total. The number of carboxylic acids is 1. The molecule has 0 aromatic heterocycles. The van der Waals surface area contributed by atoms with E-state index >= 15 is 0 Å². The lowest BCUT2D eigenvalue weighted by molar-refractivity contribution is -0.157. The summed E-state index contributed by atoms with van der Waals surface area (Å²) in [6, 6.07) is 15.8. The Kier molecular flexibility index (Phi) is 5.79. The van der Waals surface area contributed by atoms with Crippen LogP contribution in [0.2, 0.25) is 0 Å². The molecule has 1 heterocycles. The van der Waals surface area contributed by atoms with Crippen molar-refractivity contribution in [3.63, 3.8) is 0 Å². The molecule has 33 heavy (non-hydrogen) atoms. The van der Waals surface area contributed by atoms with Crippen molar-refractivity contribution in [3.05, 3.63) is 59.7 Å². The molecule has 2 fully saturated rings. The van der Waals surface area contributed by atoms with Crippen molar-refractivity contribution in [2.45, 2.75) is 50.1 Å². The highest BCUT2D eigenvalue weighted by molar-refractivity contribution is 5.85. The first kappa shape index (κ1) is 21.5. The number of nitrogens with one attached hydrogen (secondary N) is 1. The fourth-order valence-electron chi connectivity index (χ4n) is 5.50. The van der Waals surface area contributed by atoms with Gasteiger partial charge in [-0.05, 0) is 53.9 Å². The molecule has 172 valence electrons. The number of likely N-dealkylation sites (tertiary alicyclic amines) is 1. The van der Waals surface area contributed by atoms with Crippen LogP contribution in [-0.2, 0) is 14.3 Å². The molecule has 1 saturated heterocycles. The number of ether oxygens (including phenoxy) is 1. The van der Waals surface area contributed by atoms with Crippen molar-refractivity contribution in [1.82, 2.24) is 10.2 Å². The summed E-state index contributed by atoms with van der Waals surface area (Å²) < 4.78 is 5.63. The second-order valence-corrected chi connectivity index (χ2v) is 9.28. The molecule has 2 amide bonds. The molecule has 0 bridgehead atoms. The summed E-state index contributed by atoms with van der Waals surface area (Å²) in [4.78, 5) is 37.5. The van der Waals surface area contributed by atoms with Crippen molar-refractivity contribution in [2.75, 3.05) is 13.2 Å². The van der Waals surface area contributed by atoms with Crippen LogP contribution in [0.5, 0.6) is 0 Å². The first-order valence-electron chi connectivity index (χ1n) is 11.6. The zero-order valence-corrected chi connectivity index (χ0v) is 18.4. The number of rotatable bonds is 6. The van der Waals surface area contributed by atoms with Gasteiger partial charge in [0, 0.05) is 24.9 Å². The van der Waals surface area contributed by atoms with Gasteiger partial charge in [0.15, 0.2) is 0 Å². The summed E-state index contributed by atoms with van der Waals surface area (Å²) in [5.74, 6) is -0.849. The minimum Gasteiger partial charge on any atom is -0.480 e. The van der Waals surface area contributed by atoms with E-state index in [2.05, 4.69) is 29.6 Å². The Bertz CT molecular complexity index is 1040. The van der Waals surface area contributed by atoms with E-state index in [-0.39, 0.29) is 30.4 Å². The fourth-order valence-corrected chi connectivity index (χ4v) is 5.50. The highest BCUT2D eigenvalue weighted by Gasteiger charge is 2.39. The smallest absolute Gasteiger partial charge is 0.407 e. The van der Waals surface area contributed by atoms with E-state index in [4.69, 9.17) is 9.84 Å². The van der Waals surface area contributed by atoms with Crippen molar-refractivity contribution in [2.24, 2.45) is 5.92 Å². The summed E-state index contributed by atoms with van der Waals surface area (Å²) in [6.45, 7) is 0.796. The third kappa shape index (κ3) is 4.19. The maximum Gasteiger partial charge on any atom is 0.407 e. The van der Waals surface area contributed by atoms with Crippen LogP contribution < -0.4 is 5.32 Å². The van der Waals surface area contributed by atoms with Gasteiger partial charge in [-0.1, -0.05) is 48.5 Å². The van der Waals surface area contributed by atoms with Gasteiger partial charge < -0.3 is 20.1 Å². The number of amides is 2. The van der Waals surface area contributed by atoms with Crippen LogP contribution in [-0.4, -0.2) is 53.2 Å². The third-order valence-electron chi connectivity index (χ3n) is 7.30. The molecule has 2 aromatic rings. The number of benzene rings is 2. The van der Waals surface area contributed by atoms with Gasteiger partial charge in [-0.25, -0.2) is 9.59 Å². The number of hydrogen-bond acceptors (Lipinski definition) is 4. The molecular weight excluding hydrogens is 420 g/mol. The summed E-state index contributed by atoms with van der Waals surface area (Å²) in [7, 11) is 0. The Balaban J connectivity index is 1.12. The Labute approximate surface area is 192 Å². The number of fused-ring (bicyclic) bond motifs is 3. The minimum absolute atomic E-state index is 0.0230. The highest BCUT2D eigenvalue weighted by atomic mass is 16.5. The molecule has 3 atom stereocenters. The van der Waals surface area contributed by atoms with Crippen molar-refractivity contribution in [1.29, 1.82) is 0 Å². The van der Waals surface area contributed by atoms with E-state index in [1.165, 1.54) is 27.2 Å². The van der Waals surface area contributed by atoms with Crippen LogP contribution in [0.4, 0.5) is 4.79 Å². The van der Waals surface area contributed by atoms with Gasteiger partial charge in [-0.15, -0.1) is 0 Å². The summed E-state index contributed by atoms with van der Waals surface area (Å²) in [5.41, 5.74) is 4.74. The molecule has 2 aromatic carbocycles. The maximum absolute atomic E-state index is 12.5. The van der Waals surface area contributed by atoms with Crippen LogP contribution in [0.15, 0.2) is 48.5 Å². The van der Waals surface area contributed by atoms with Crippen LogP contribution in [0.25, 0.3) is 11.1 Å². The van der Waals surface area contributed by atoms with Gasteiger partial charge in [0.25, 0.3) is 0 Å². The normalized spacial score (nSPS) is 23.4. The molecule has 2 N–H and O–H groups in total. The van der Waals surface area contributed by atoms with Crippen LogP contribution in [0.3, 0.4) is 0 Å². The maximum atomic E-state index is 12.5. The number of carbonyl (C=O) groups excluding carboxylic acids is 2. The zero-order valence-electron chi connectivity index (χ0n) is 18.4. The Morgan fingerprint density at radius 3 is 2.24 bits per heavy atom. The van der Waals surface area contributed by atoms with E-state index in [1.807, 2.05) is 24.3 Å². The molecule has 3 aliphatic rings. The summed E-state index contributed by atoms with van der Waals surface area (Å²) >= 11 is 0. The van der Waals surface area contributed by atoms with E-state index < -0.39 is 18.1 Å². The molecular formula is C26H28N2O5. The standard InChI is InChI=1S/C26H28N2O5/c29-24(28-12-11-23(28)25(30)31)14-16-9-10-17(13-16)27-26(32)33-15-22-20-7-3-1-5-18(20)19-6-2-4-8-21(19)22/h1-8,16-17,22-23H,9-15H2,(H,27,32)(H,30,31)/t16-,17+,23?/m0/s1. The number of alkyl carbamates (subject to hydrolysis) is 1. The molecule has 0 radical (unpaired) electrons. The van der Waals surface area contributed by atoms with Gasteiger partial charge in [0.1, 0.15) is 12.6 Å². The quantitative estimate of drug-likeness (QED) is 0.701. The fraction of sp³-hybridized carbons (Fsp3) is 0.423. The van der Waals surface area contributed by atoms with E-state index in [0.29, 0.717) is 25.8 Å². The highest BCUT2D eigenvalue weighted by Crippen LogP contribution is 2.44. The lowest BCUT2D eigenvalue weighted by Gasteiger charge is -2.38. The van der Waals surface area contributed by atoms with Gasteiger partial charge in [0.05, 0.1) is 0 Å². The number of aliphatic carboxylic acids is 1. The van der Waals surface area contributed by atoms with Crippen molar-refractivity contribution >= 4 is 18.0 Å². The lowest BCUT2D eigenvalue weighted by Crippen LogP contribution is -2.55. The van der Waals surface area contributed by atoms with Crippen LogP contribution in [0, 0.1) is 5.92 Å². The monoisotopic (exact) mass is 448 g/mol. The number of hydrogen-bond donors (Lipinski definition) is 2. The SMILES string of the molecule is O=C(N[C@@H]1CC[C@H](CC(=O)N2CCC2C(=O)O)C1)OCC1c2ccccc2-c2ccccc21. The van der Waals surface area contributed by atoms with E-state index in [9.17, 15) is 14.4 Å². The van der Waals surface area contributed by atoms with Gasteiger partial charge >= 0.3 is 12.1 Å². The van der Waals surface area contributed by atoms with Crippen LogP contribution in [0.1, 0.15) is 49.1 Å². The average molecular weight is 449 g/mol. The minimum atomic E-state index is -0.934. The zero-order chi connectivity index (χ0) is 22.9. The van der Waals surface area contributed by atoms with Crippen molar-refractivity contribution in [3.8, 4) is 11.1 Å². The molecule has 7 heteroatoms. The first-order chi connectivity index (χ1) is 16.0. The second kappa shape index (κ2) is 8.89. The summed E-state index contributed by atoms with van der Waals surface area (Å²) in [6.07, 6.45) is 2.78. The molecule has 5 rings (SSSR count). The predicted molar refractivity (Wildman–Crippen MR) is 122 cm³/mol. The first-order valence-corrected chi connectivity index (χ1v) is 11.6. The largest absolute Gasteiger partial charge is 0.480 e. The number of carbonyl (C=O) groups is 3. The summed E-state index contributed by atoms with van der Waals surface area (Å²) in [5, 5.41) is 12.1. The molecule has 1 aliphatic heterocycles. The Morgan fingerprint density at radius 1 is 0.970 bits per heavy atom. The number of nitrogens with zero attached hydrogens (tertiary/aromatic N) is 1. The number of carboxylic acid groups (broad SMARTS) is 1. The van der Waals surface area contributed by atoms with E-state index in [0.717, 1.165) is 12.8 Å². The molecule has 1 unspecified atom stereocenters. The van der Waals surface area contributed by atoms with Gasteiger partial charge in [-0.2, -0.15) is 0 Å². The molecule has 0 spiro atoms. The Morgan fingerprint density at radius 2 is 1.64 bits per heavy atom.